The van der Waals surface area contributed by atoms with Crippen LogP contribution in [0.15, 0.2) is 12.1 Å². The number of nitrogens with zero attached hydrogens (tertiary/aromatic N) is 2. The van der Waals surface area contributed by atoms with Crippen molar-refractivity contribution in [1.82, 2.24) is 4.98 Å². The maximum absolute atomic E-state index is 5.91. The topological polar surface area (TPSA) is 42.1 Å². The monoisotopic (exact) mass is 223 g/mol. The van der Waals surface area contributed by atoms with Crippen LogP contribution in [0, 0.1) is 5.92 Å². The number of pyridine rings is 1. The van der Waals surface area contributed by atoms with E-state index in [-0.39, 0.29) is 0 Å². The number of halogens is 1. The highest BCUT2D eigenvalue weighted by Crippen LogP contribution is 2.40. The van der Waals surface area contributed by atoms with Crippen LogP contribution >= 0.6 is 11.6 Å². The molecule has 2 unspecified atom stereocenters. The molecule has 2 bridgehead atoms. The zero-order chi connectivity index (χ0) is 10.4. The minimum Gasteiger partial charge on any atom is -0.399 e. The molecule has 1 saturated carbocycles. The Bertz CT molecular complexity index is 373. The maximum atomic E-state index is 5.91. The lowest BCUT2D eigenvalue weighted by Crippen LogP contribution is -2.32. The van der Waals surface area contributed by atoms with Crippen LogP contribution in [0.25, 0.3) is 0 Å². The first kappa shape index (κ1) is 9.28. The van der Waals surface area contributed by atoms with Gasteiger partial charge in [-0.05, 0) is 31.2 Å². The molecule has 2 heterocycles. The summed E-state index contributed by atoms with van der Waals surface area (Å²) in [6.07, 6.45) is 3.98. The van der Waals surface area contributed by atoms with Gasteiger partial charge in [-0.3, -0.25) is 0 Å². The summed E-state index contributed by atoms with van der Waals surface area (Å²) in [5.41, 5.74) is 6.48. The van der Waals surface area contributed by atoms with Crippen LogP contribution in [0.1, 0.15) is 19.3 Å². The van der Waals surface area contributed by atoms with Crippen LogP contribution in [0.2, 0.25) is 5.15 Å². The van der Waals surface area contributed by atoms with E-state index in [0.717, 1.165) is 18.3 Å². The molecule has 3 nitrogen and oxygen atoms in total. The lowest BCUT2D eigenvalue weighted by Gasteiger charge is -2.28. The quantitative estimate of drug-likeness (QED) is 0.743. The van der Waals surface area contributed by atoms with Crippen molar-refractivity contribution in [1.29, 1.82) is 0 Å². The van der Waals surface area contributed by atoms with Crippen LogP contribution in [0.3, 0.4) is 0 Å². The van der Waals surface area contributed by atoms with Gasteiger partial charge in [0.25, 0.3) is 0 Å². The average Bonchev–Trinajstić information content (AvgIpc) is 2.76. The molecule has 2 atom stereocenters. The van der Waals surface area contributed by atoms with Crippen molar-refractivity contribution in [2.45, 2.75) is 25.3 Å². The van der Waals surface area contributed by atoms with Gasteiger partial charge in [-0.15, -0.1) is 0 Å². The second-order valence-corrected chi connectivity index (χ2v) is 4.95. The number of piperidine rings is 1. The summed E-state index contributed by atoms with van der Waals surface area (Å²) in [6, 6.07) is 4.28. The fourth-order valence-corrected chi connectivity index (χ4v) is 3.07. The number of fused-ring (bicyclic) bond motifs is 2. The number of aromatic nitrogens is 1. The summed E-state index contributed by atoms with van der Waals surface area (Å²) in [7, 11) is 0. The van der Waals surface area contributed by atoms with Crippen molar-refractivity contribution >= 4 is 23.1 Å². The van der Waals surface area contributed by atoms with Gasteiger partial charge in [0, 0.05) is 24.3 Å². The molecule has 0 aromatic carbocycles. The van der Waals surface area contributed by atoms with Gasteiger partial charge in [0.05, 0.1) is 0 Å². The molecule has 80 valence electrons. The third-order valence-corrected chi connectivity index (χ3v) is 3.70. The van der Waals surface area contributed by atoms with Gasteiger partial charge in [0.15, 0.2) is 0 Å². The largest absolute Gasteiger partial charge is 0.399 e. The number of anilines is 2. The lowest BCUT2D eigenvalue weighted by molar-refractivity contribution is 0.550. The second kappa shape index (κ2) is 3.27. The highest BCUT2D eigenvalue weighted by atomic mass is 35.5. The number of rotatable bonds is 1. The molecule has 1 saturated heterocycles. The summed E-state index contributed by atoms with van der Waals surface area (Å²) in [5, 5.41) is 0.493. The normalized spacial score (nSPS) is 28.7. The van der Waals surface area contributed by atoms with Crippen LogP contribution in [-0.4, -0.2) is 17.6 Å². The highest BCUT2D eigenvalue weighted by molar-refractivity contribution is 6.29. The summed E-state index contributed by atoms with van der Waals surface area (Å²) >= 11 is 5.91. The Morgan fingerprint density at radius 1 is 1.40 bits per heavy atom. The van der Waals surface area contributed by atoms with Crippen molar-refractivity contribution in [3.63, 3.8) is 0 Å². The zero-order valence-electron chi connectivity index (χ0n) is 8.49. The average molecular weight is 224 g/mol. The van der Waals surface area contributed by atoms with Gasteiger partial charge in [-0.25, -0.2) is 4.98 Å². The Labute approximate surface area is 94.2 Å². The minimum atomic E-state index is 0.493. The van der Waals surface area contributed by atoms with Gasteiger partial charge >= 0.3 is 0 Å². The van der Waals surface area contributed by atoms with Crippen LogP contribution in [0.4, 0.5) is 11.5 Å². The third kappa shape index (κ3) is 1.55. The third-order valence-electron chi connectivity index (χ3n) is 3.51. The van der Waals surface area contributed by atoms with Gasteiger partial charge < -0.3 is 10.6 Å². The van der Waals surface area contributed by atoms with Gasteiger partial charge in [0.1, 0.15) is 11.0 Å². The molecule has 15 heavy (non-hydrogen) atoms. The van der Waals surface area contributed by atoms with E-state index in [2.05, 4.69) is 9.88 Å². The molecule has 2 aliphatic rings. The van der Waals surface area contributed by atoms with E-state index in [0.29, 0.717) is 16.9 Å². The Balaban J connectivity index is 1.93. The summed E-state index contributed by atoms with van der Waals surface area (Å²) in [4.78, 5) is 6.70. The number of nitrogen functional groups attached to an aromatic ring is 1. The summed E-state index contributed by atoms with van der Waals surface area (Å²) < 4.78 is 0. The van der Waals surface area contributed by atoms with Crippen molar-refractivity contribution in [2.24, 2.45) is 5.92 Å². The van der Waals surface area contributed by atoms with E-state index in [1.165, 1.54) is 19.3 Å². The van der Waals surface area contributed by atoms with Gasteiger partial charge in [-0.1, -0.05) is 11.6 Å². The Kier molecular flexibility index (Phi) is 2.02. The first-order chi connectivity index (χ1) is 7.22. The number of hydrogen-bond acceptors (Lipinski definition) is 3. The SMILES string of the molecule is Nc1cc(Cl)nc(N2CC3CCC2C3)c1. The predicted molar refractivity (Wildman–Crippen MR) is 62.1 cm³/mol. The fraction of sp³-hybridized carbons (Fsp3) is 0.545. The molecule has 0 spiro atoms. The first-order valence-corrected chi connectivity index (χ1v) is 5.80. The van der Waals surface area contributed by atoms with E-state index in [9.17, 15) is 0 Å². The second-order valence-electron chi connectivity index (χ2n) is 4.57. The van der Waals surface area contributed by atoms with Gasteiger partial charge in [0.2, 0.25) is 0 Å². The fourth-order valence-electron chi connectivity index (χ4n) is 2.85. The molecule has 2 N–H and O–H groups in total. The lowest BCUT2D eigenvalue weighted by atomic mass is 10.1. The molecule has 2 fully saturated rings. The molecule has 1 aromatic heterocycles. The summed E-state index contributed by atoms with van der Waals surface area (Å²) in [5.74, 6) is 1.81. The van der Waals surface area contributed by atoms with Crippen molar-refractivity contribution in [3.8, 4) is 0 Å². The van der Waals surface area contributed by atoms with E-state index < -0.39 is 0 Å². The van der Waals surface area contributed by atoms with E-state index in [1.54, 1.807) is 6.07 Å². The van der Waals surface area contributed by atoms with Crippen molar-refractivity contribution < 1.29 is 0 Å². The first-order valence-electron chi connectivity index (χ1n) is 5.42. The van der Waals surface area contributed by atoms with Crippen LogP contribution < -0.4 is 10.6 Å². The molecule has 0 amide bonds. The molecule has 1 aliphatic carbocycles. The molecule has 1 aliphatic heterocycles. The zero-order valence-corrected chi connectivity index (χ0v) is 9.24. The molecule has 0 radical (unpaired) electrons. The Morgan fingerprint density at radius 2 is 2.27 bits per heavy atom. The van der Waals surface area contributed by atoms with Crippen LogP contribution in [0.5, 0.6) is 0 Å². The Hall–Kier alpha value is -0.960. The van der Waals surface area contributed by atoms with Crippen LogP contribution in [-0.2, 0) is 0 Å². The number of nitrogens with two attached hydrogens (primary N) is 1. The molecule has 1 aromatic rings. The molecule has 3 rings (SSSR count). The maximum Gasteiger partial charge on any atom is 0.133 e. The predicted octanol–water partition coefficient (Wildman–Crippen LogP) is 2.31. The highest BCUT2D eigenvalue weighted by Gasteiger charge is 2.38. The molecular formula is C11H14ClN3. The van der Waals surface area contributed by atoms with E-state index in [1.807, 2.05) is 6.07 Å². The standard InChI is InChI=1S/C11H14ClN3/c12-10-4-8(13)5-11(14-10)15-6-7-1-2-9(15)3-7/h4-5,7,9H,1-3,6H2,(H2,13,14). The summed E-state index contributed by atoms with van der Waals surface area (Å²) in [6.45, 7) is 1.12. The molecular weight excluding hydrogens is 210 g/mol. The Morgan fingerprint density at radius 3 is 2.87 bits per heavy atom. The van der Waals surface area contributed by atoms with E-state index >= 15 is 0 Å². The van der Waals surface area contributed by atoms with Crippen molar-refractivity contribution in [3.05, 3.63) is 17.3 Å². The minimum absolute atomic E-state index is 0.493. The van der Waals surface area contributed by atoms with Crippen molar-refractivity contribution in [2.75, 3.05) is 17.2 Å². The number of hydrogen-bond donors (Lipinski definition) is 1. The van der Waals surface area contributed by atoms with Gasteiger partial charge in [-0.2, -0.15) is 0 Å². The van der Waals surface area contributed by atoms with E-state index in [4.69, 9.17) is 17.3 Å². The molecule has 4 heteroatoms. The smallest absolute Gasteiger partial charge is 0.133 e.